The molecular weight excluding hydrogens is 592 g/mol. The van der Waals surface area contributed by atoms with Crippen LogP contribution >= 0.6 is 0 Å². The number of para-hydroxylation sites is 1. The van der Waals surface area contributed by atoms with E-state index >= 15 is 0 Å². The first-order valence-electron chi connectivity index (χ1n) is 16.7. The number of fused-ring (bicyclic) bond motifs is 1. The maximum Gasteiger partial charge on any atom is 0.341 e. The van der Waals surface area contributed by atoms with Crippen LogP contribution in [-0.4, -0.2) is 48.7 Å². The summed E-state index contributed by atoms with van der Waals surface area (Å²) in [6.07, 6.45) is 7.92. The number of nitrogens with zero attached hydrogens (tertiary/aromatic N) is 5. The van der Waals surface area contributed by atoms with E-state index in [0.717, 1.165) is 66.3 Å². The second kappa shape index (κ2) is 14.6. The Labute approximate surface area is 274 Å². The average molecular weight is 635 g/mol. The van der Waals surface area contributed by atoms with E-state index in [-0.39, 0.29) is 30.4 Å². The standard InChI is InChI=1S/C37H42N6O4/c1-4-6-7-16-34(47-33-15-11-10-14-31(33)37(45)46-5-2)32-22-17-25(3)42-24-28(36(44)43(32)42)23-26-18-20-27(21-19-26)29-12-8-9-13-30(29)35-38-40-41-39-35/h8-15,18-21,24-25,32,34H,4-7,16-17,22-23H2,1-3H3,(H,38,39,40,41). The minimum Gasteiger partial charge on any atom is -0.487 e. The molecule has 0 radical (unpaired) electrons. The van der Waals surface area contributed by atoms with Gasteiger partial charge in [0.25, 0.3) is 5.56 Å². The van der Waals surface area contributed by atoms with Gasteiger partial charge in [0, 0.05) is 29.8 Å². The van der Waals surface area contributed by atoms with Crippen molar-refractivity contribution in [2.24, 2.45) is 0 Å². The lowest BCUT2D eigenvalue weighted by molar-refractivity contribution is 0.0500. The molecule has 6 rings (SSSR count). The van der Waals surface area contributed by atoms with Crippen molar-refractivity contribution in [2.75, 3.05) is 6.61 Å². The number of carbonyl (C=O) groups excluding carboxylic acids is 1. The van der Waals surface area contributed by atoms with Crippen molar-refractivity contribution in [1.82, 2.24) is 30.0 Å². The summed E-state index contributed by atoms with van der Waals surface area (Å²) < 4.78 is 16.0. The molecule has 3 unspecified atom stereocenters. The van der Waals surface area contributed by atoms with Crippen LogP contribution in [0.25, 0.3) is 22.5 Å². The van der Waals surface area contributed by atoms with Crippen LogP contribution in [0.3, 0.4) is 0 Å². The highest BCUT2D eigenvalue weighted by Gasteiger charge is 2.34. The number of nitrogens with one attached hydrogen (secondary N) is 1. The predicted octanol–water partition coefficient (Wildman–Crippen LogP) is 7.19. The molecule has 3 heterocycles. The Hall–Kier alpha value is -4.99. The van der Waals surface area contributed by atoms with Gasteiger partial charge in [-0.3, -0.25) is 9.48 Å². The van der Waals surface area contributed by atoms with Gasteiger partial charge in [-0.25, -0.2) is 14.6 Å². The molecule has 10 heteroatoms. The Morgan fingerprint density at radius 3 is 2.49 bits per heavy atom. The van der Waals surface area contributed by atoms with Crippen molar-refractivity contribution in [3.8, 4) is 28.3 Å². The van der Waals surface area contributed by atoms with E-state index in [9.17, 15) is 9.59 Å². The summed E-state index contributed by atoms with van der Waals surface area (Å²) in [4.78, 5) is 26.9. The van der Waals surface area contributed by atoms with Crippen LogP contribution < -0.4 is 10.3 Å². The minimum atomic E-state index is -0.403. The zero-order valence-corrected chi connectivity index (χ0v) is 27.3. The molecule has 5 aromatic rings. The lowest BCUT2D eigenvalue weighted by atomic mass is 9.96. The molecule has 244 valence electrons. The third-order valence-corrected chi connectivity index (χ3v) is 9.03. The maximum absolute atomic E-state index is 14.2. The van der Waals surface area contributed by atoms with Crippen LogP contribution in [0.15, 0.2) is 83.8 Å². The Morgan fingerprint density at radius 1 is 0.979 bits per heavy atom. The second-order valence-corrected chi connectivity index (χ2v) is 12.2. The first-order chi connectivity index (χ1) is 23.0. The van der Waals surface area contributed by atoms with Crippen molar-refractivity contribution in [1.29, 1.82) is 0 Å². The van der Waals surface area contributed by atoms with Gasteiger partial charge in [0.2, 0.25) is 0 Å². The molecule has 0 fully saturated rings. The van der Waals surface area contributed by atoms with Gasteiger partial charge in [-0.15, -0.1) is 5.10 Å². The molecule has 1 aliphatic rings. The number of esters is 1. The number of rotatable bonds is 13. The molecule has 0 saturated carbocycles. The van der Waals surface area contributed by atoms with Crippen LogP contribution in [-0.2, 0) is 11.2 Å². The number of H-pyrrole nitrogens is 1. The summed E-state index contributed by atoms with van der Waals surface area (Å²) >= 11 is 0. The Balaban J connectivity index is 1.28. The van der Waals surface area contributed by atoms with Gasteiger partial charge in [0.15, 0.2) is 5.82 Å². The van der Waals surface area contributed by atoms with Crippen LogP contribution in [0, 0.1) is 0 Å². The second-order valence-electron chi connectivity index (χ2n) is 12.2. The summed E-state index contributed by atoms with van der Waals surface area (Å²) in [7, 11) is 0. The smallest absolute Gasteiger partial charge is 0.341 e. The number of hydrogen-bond acceptors (Lipinski definition) is 7. The quantitative estimate of drug-likeness (QED) is 0.108. The topological polar surface area (TPSA) is 117 Å². The van der Waals surface area contributed by atoms with Crippen LogP contribution in [0.4, 0.5) is 0 Å². The van der Waals surface area contributed by atoms with Gasteiger partial charge in [0.1, 0.15) is 17.4 Å². The molecule has 0 bridgehead atoms. The lowest BCUT2D eigenvalue weighted by Crippen LogP contribution is -2.42. The molecule has 2 aromatic heterocycles. The Morgan fingerprint density at radius 2 is 1.74 bits per heavy atom. The van der Waals surface area contributed by atoms with Crippen molar-refractivity contribution < 1.29 is 14.3 Å². The third kappa shape index (κ3) is 6.91. The molecule has 0 spiro atoms. The van der Waals surface area contributed by atoms with Crippen LogP contribution in [0.5, 0.6) is 5.75 Å². The van der Waals surface area contributed by atoms with Gasteiger partial charge in [0.05, 0.1) is 12.6 Å². The highest BCUT2D eigenvalue weighted by molar-refractivity contribution is 5.92. The molecule has 0 amide bonds. The van der Waals surface area contributed by atoms with E-state index in [4.69, 9.17) is 9.47 Å². The van der Waals surface area contributed by atoms with E-state index in [1.165, 1.54) is 0 Å². The highest BCUT2D eigenvalue weighted by Crippen LogP contribution is 2.35. The fourth-order valence-electron chi connectivity index (χ4n) is 6.59. The molecule has 10 nitrogen and oxygen atoms in total. The average Bonchev–Trinajstić information content (AvgIpc) is 3.75. The highest BCUT2D eigenvalue weighted by atomic mass is 16.5. The number of ether oxygens (including phenoxy) is 2. The summed E-state index contributed by atoms with van der Waals surface area (Å²) in [6.45, 7) is 6.42. The minimum absolute atomic E-state index is 0.0107. The largest absolute Gasteiger partial charge is 0.487 e. The van der Waals surface area contributed by atoms with E-state index in [2.05, 4.69) is 63.4 Å². The first kappa shape index (κ1) is 32.0. The van der Waals surface area contributed by atoms with Crippen molar-refractivity contribution in [3.63, 3.8) is 0 Å². The van der Waals surface area contributed by atoms with Crippen molar-refractivity contribution in [3.05, 3.63) is 106 Å². The molecule has 47 heavy (non-hydrogen) atoms. The van der Waals surface area contributed by atoms with Crippen LogP contribution in [0.1, 0.15) is 92.9 Å². The van der Waals surface area contributed by atoms with Gasteiger partial charge in [-0.05, 0) is 78.8 Å². The monoisotopic (exact) mass is 634 g/mol. The van der Waals surface area contributed by atoms with E-state index in [0.29, 0.717) is 23.6 Å². The lowest BCUT2D eigenvalue weighted by Gasteiger charge is -2.36. The molecule has 3 aromatic carbocycles. The van der Waals surface area contributed by atoms with E-state index < -0.39 is 5.97 Å². The number of benzene rings is 3. The summed E-state index contributed by atoms with van der Waals surface area (Å²) in [5.41, 5.74) is 5.21. The molecule has 1 aliphatic heterocycles. The first-order valence-corrected chi connectivity index (χ1v) is 16.7. The van der Waals surface area contributed by atoms with Crippen molar-refractivity contribution >= 4 is 5.97 Å². The number of aromatic amines is 1. The predicted molar refractivity (Wildman–Crippen MR) is 180 cm³/mol. The molecule has 0 saturated heterocycles. The number of aromatic nitrogens is 6. The Kier molecular flexibility index (Phi) is 9.94. The zero-order chi connectivity index (χ0) is 32.8. The summed E-state index contributed by atoms with van der Waals surface area (Å²) in [5.74, 6) is 0.709. The summed E-state index contributed by atoms with van der Waals surface area (Å²) in [6, 6.07) is 23.6. The normalized spacial score (nSPS) is 16.4. The SMILES string of the molecule is CCCCCC(Oc1ccccc1C(=O)OCC)C1CCC(C)n2cc(Cc3ccc(-c4ccccc4-c4nnn[nH]4)cc3)c(=O)n21. The maximum atomic E-state index is 14.2. The van der Waals surface area contributed by atoms with Crippen LogP contribution in [0.2, 0.25) is 0 Å². The van der Waals surface area contributed by atoms with Gasteiger partial charge >= 0.3 is 5.97 Å². The number of hydrogen-bond donors (Lipinski definition) is 1. The fourth-order valence-corrected chi connectivity index (χ4v) is 6.59. The zero-order valence-electron chi connectivity index (χ0n) is 27.3. The number of tetrazole rings is 1. The molecule has 3 atom stereocenters. The number of carbonyl (C=O) groups is 1. The molecule has 0 aliphatic carbocycles. The van der Waals surface area contributed by atoms with Crippen molar-refractivity contribution in [2.45, 2.75) is 83.9 Å². The molecular formula is C37H42N6O4. The third-order valence-electron chi connectivity index (χ3n) is 9.03. The molecule has 1 N–H and O–H groups in total. The van der Waals surface area contributed by atoms with E-state index in [1.807, 2.05) is 53.3 Å². The number of unbranched alkanes of at least 4 members (excludes halogenated alkanes) is 2. The fraction of sp³-hybridized carbons (Fsp3) is 0.378. The van der Waals surface area contributed by atoms with Gasteiger partial charge < -0.3 is 9.47 Å². The van der Waals surface area contributed by atoms with Gasteiger partial charge in [-0.2, -0.15) is 0 Å². The summed E-state index contributed by atoms with van der Waals surface area (Å²) in [5, 5.41) is 14.4. The Bertz CT molecular complexity index is 1840. The van der Waals surface area contributed by atoms with Gasteiger partial charge in [-0.1, -0.05) is 80.4 Å². The van der Waals surface area contributed by atoms with E-state index in [1.54, 1.807) is 13.0 Å².